The van der Waals surface area contributed by atoms with E-state index in [2.05, 4.69) is 10.6 Å². The summed E-state index contributed by atoms with van der Waals surface area (Å²) < 4.78 is 5.00. The number of nitrogens with one attached hydrogen (secondary N) is 2. The van der Waals surface area contributed by atoms with Crippen molar-refractivity contribution in [2.45, 2.75) is 27.3 Å². The number of carbonyl (C=O) groups is 3. The molecule has 0 atom stereocenters. The molecule has 0 aromatic heterocycles. The molecule has 0 spiro atoms. The van der Waals surface area contributed by atoms with E-state index in [-0.39, 0.29) is 11.8 Å². The summed E-state index contributed by atoms with van der Waals surface area (Å²) in [5, 5.41) is 5.70. The van der Waals surface area contributed by atoms with Gasteiger partial charge in [-0.25, -0.2) is 0 Å². The Balaban J connectivity index is 1.57. The van der Waals surface area contributed by atoms with E-state index in [9.17, 15) is 14.4 Å². The highest BCUT2D eigenvalue weighted by Crippen LogP contribution is 2.16. The number of benzene rings is 3. The molecule has 0 bridgehead atoms. The van der Waals surface area contributed by atoms with Crippen LogP contribution < -0.4 is 15.4 Å². The number of rotatable bonds is 6. The van der Waals surface area contributed by atoms with Gasteiger partial charge in [0.15, 0.2) is 0 Å². The van der Waals surface area contributed by atoms with E-state index < -0.39 is 5.97 Å². The topological polar surface area (TPSA) is 84.5 Å². The molecule has 6 nitrogen and oxygen atoms in total. The molecule has 6 heteroatoms. The lowest BCUT2D eigenvalue weighted by Crippen LogP contribution is -2.22. The van der Waals surface area contributed by atoms with E-state index in [0.29, 0.717) is 29.1 Å². The minimum Gasteiger partial charge on any atom is -0.427 e. The third kappa shape index (κ3) is 6.02. The first-order valence-electron chi connectivity index (χ1n) is 9.86. The van der Waals surface area contributed by atoms with Crippen molar-refractivity contribution in [3.63, 3.8) is 0 Å². The van der Waals surface area contributed by atoms with Crippen LogP contribution >= 0.6 is 0 Å². The molecule has 0 heterocycles. The second-order valence-corrected chi connectivity index (χ2v) is 7.25. The lowest BCUT2D eigenvalue weighted by molar-refractivity contribution is -0.131. The minimum atomic E-state index is -0.442. The predicted octanol–water partition coefficient (Wildman–Crippen LogP) is 4.41. The van der Waals surface area contributed by atoms with Gasteiger partial charge in [-0.15, -0.1) is 0 Å². The summed E-state index contributed by atoms with van der Waals surface area (Å²) in [6.45, 7) is 5.61. The van der Waals surface area contributed by atoms with Gasteiger partial charge < -0.3 is 15.4 Å². The molecule has 0 saturated carbocycles. The van der Waals surface area contributed by atoms with E-state index in [1.807, 2.05) is 38.1 Å². The van der Waals surface area contributed by atoms with E-state index >= 15 is 0 Å². The molecular weight excluding hydrogens is 392 g/mol. The molecule has 0 fully saturated rings. The fourth-order valence-corrected chi connectivity index (χ4v) is 2.94. The number of anilines is 1. The molecule has 158 valence electrons. The van der Waals surface area contributed by atoms with Crippen molar-refractivity contribution in [1.82, 2.24) is 5.32 Å². The van der Waals surface area contributed by atoms with Crippen molar-refractivity contribution < 1.29 is 19.1 Å². The minimum absolute atomic E-state index is 0.170. The molecule has 2 N–H and O–H groups in total. The maximum atomic E-state index is 12.4. The zero-order chi connectivity index (χ0) is 22.4. The maximum Gasteiger partial charge on any atom is 0.308 e. The molecule has 0 saturated heterocycles. The summed E-state index contributed by atoms with van der Waals surface area (Å²) in [6.07, 6.45) is 0. The quantitative estimate of drug-likeness (QED) is 0.460. The van der Waals surface area contributed by atoms with Gasteiger partial charge in [-0.05, 0) is 73.0 Å². The second kappa shape index (κ2) is 9.71. The molecule has 3 aromatic rings. The van der Waals surface area contributed by atoms with Crippen molar-refractivity contribution in [3.8, 4) is 5.75 Å². The Labute approximate surface area is 181 Å². The summed E-state index contributed by atoms with van der Waals surface area (Å²) in [7, 11) is 0. The summed E-state index contributed by atoms with van der Waals surface area (Å²) in [4.78, 5) is 35.9. The Bertz CT molecular complexity index is 1120. The summed E-state index contributed by atoms with van der Waals surface area (Å²) in [6, 6.07) is 19.3. The lowest BCUT2D eigenvalue weighted by Gasteiger charge is -2.09. The second-order valence-electron chi connectivity index (χ2n) is 7.25. The highest BCUT2D eigenvalue weighted by molar-refractivity contribution is 6.04. The Hall–Kier alpha value is -3.93. The van der Waals surface area contributed by atoms with Crippen molar-refractivity contribution >= 4 is 23.5 Å². The molecule has 0 aliphatic heterocycles. The number of aryl methyl sites for hydroxylation is 2. The van der Waals surface area contributed by atoms with Gasteiger partial charge in [0.25, 0.3) is 11.8 Å². The van der Waals surface area contributed by atoms with Crippen LogP contribution in [-0.2, 0) is 11.3 Å². The molecular formula is C25H24N2O4. The van der Waals surface area contributed by atoms with Crippen LogP contribution in [0.4, 0.5) is 5.69 Å². The first-order chi connectivity index (χ1) is 14.8. The van der Waals surface area contributed by atoms with Crippen molar-refractivity contribution in [1.29, 1.82) is 0 Å². The number of esters is 1. The van der Waals surface area contributed by atoms with E-state index in [0.717, 1.165) is 16.7 Å². The molecule has 0 aliphatic carbocycles. The van der Waals surface area contributed by atoms with Gasteiger partial charge in [0, 0.05) is 30.3 Å². The van der Waals surface area contributed by atoms with E-state index in [1.165, 1.54) is 13.0 Å². The van der Waals surface area contributed by atoms with Gasteiger partial charge in [0.05, 0.1) is 0 Å². The molecule has 3 rings (SSSR count). The molecule has 3 aromatic carbocycles. The molecule has 0 radical (unpaired) electrons. The van der Waals surface area contributed by atoms with Gasteiger partial charge in [-0.1, -0.05) is 24.3 Å². The Morgan fingerprint density at radius 1 is 0.806 bits per heavy atom. The molecule has 2 amide bonds. The van der Waals surface area contributed by atoms with Crippen LogP contribution in [0.15, 0.2) is 66.7 Å². The Kier molecular flexibility index (Phi) is 6.82. The average Bonchev–Trinajstić information content (AvgIpc) is 2.74. The predicted molar refractivity (Wildman–Crippen MR) is 119 cm³/mol. The number of hydrogen-bond donors (Lipinski definition) is 2. The van der Waals surface area contributed by atoms with Gasteiger partial charge in [-0.3, -0.25) is 14.4 Å². The zero-order valence-electron chi connectivity index (χ0n) is 17.7. The van der Waals surface area contributed by atoms with Crippen molar-refractivity contribution in [3.05, 3.63) is 94.5 Å². The first-order valence-corrected chi connectivity index (χ1v) is 9.86. The Morgan fingerprint density at radius 2 is 1.52 bits per heavy atom. The summed E-state index contributed by atoms with van der Waals surface area (Å²) >= 11 is 0. The largest absolute Gasteiger partial charge is 0.427 e. The van der Waals surface area contributed by atoms with Gasteiger partial charge >= 0.3 is 5.97 Å². The molecule has 0 unspecified atom stereocenters. The van der Waals surface area contributed by atoms with Crippen LogP contribution in [-0.4, -0.2) is 17.8 Å². The van der Waals surface area contributed by atoms with E-state index in [1.54, 1.807) is 36.4 Å². The first kappa shape index (κ1) is 21.8. The van der Waals surface area contributed by atoms with Gasteiger partial charge in [-0.2, -0.15) is 0 Å². The average molecular weight is 416 g/mol. The van der Waals surface area contributed by atoms with Crippen molar-refractivity contribution in [2.24, 2.45) is 0 Å². The fourth-order valence-electron chi connectivity index (χ4n) is 2.94. The highest BCUT2D eigenvalue weighted by atomic mass is 16.5. The summed E-state index contributed by atoms with van der Waals surface area (Å²) in [5.41, 5.74) is 4.77. The van der Waals surface area contributed by atoms with E-state index in [4.69, 9.17) is 4.74 Å². The fraction of sp³-hybridized carbons (Fsp3) is 0.160. The SMILES string of the molecule is CC(=O)Oc1cccc(C(=O)NCc2ccc(NC(=O)c3ccc(C)c(C)c3)cc2)c1. The monoisotopic (exact) mass is 416 g/mol. The van der Waals surface area contributed by atoms with Gasteiger partial charge in [0.2, 0.25) is 0 Å². The van der Waals surface area contributed by atoms with Crippen LogP contribution in [0.5, 0.6) is 5.75 Å². The lowest BCUT2D eigenvalue weighted by atomic mass is 10.1. The third-order valence-electron chi connectivity index (χ3n) is 4.79. The van der Waals surface area contributed by atoms with Crippen LogP contribution in [0, 0.1) is 13.8 Å². The normalized spacial score (nSPS) is 10.3. The van der Waals surface area contributed by atoms with Crippen LogP contribution in [0.1, 0.15) is 44.3 Å². The maximum absolute atomic E-state index is 12.4. The zero-order valence-corrected chi connectivity index (χ0v) is 17.7. The standard InChI is InChI=1S/C25H24N2O4/c1-16-7-10-21(13-17(16)2)25(30)27-22-11-8-19(9-12-22)15-26-24(29)20-5-4-6-23(14-20)31-18(3)28/h4-14H,15H2,1-3H3,(H,26,29)(H,27,30). The molecule has 31 heavy (non-hydrogen) atoms. The summed E-state index contributed by atoms with van der Waals surface area (Å²) in [5.74, 6) is -0.566. The Morgan fingerprint density at radius 3 is 2.19 bits per heavy atom. The van der Waals surface area contributed by atoms with Gasteiger partial charge in [0.1, 0.15) is 5.75 Å². The van der Waals surface area contributed by atoms with Crippen LogP contribution in [0.2, 0.25) is 0 Å². The smallest absolute Gasteiger partial charge is 0.308 e. The number of carbonyl (C=O) groups excluding carboxylic acids is 3. The number of ether oxygens (including phenoxy) is 1. The molecule has 0 aliphatic rings. The third-order valence-corrected chi connectivity index (χ3v) is 4.79. The highest BCUT2D eigenvalue weighted by Gasteiger charge is 2.09. The van der Waals surface area contributed by atoms with Crippen LogP contribution in [0.25, 0.3) is 0 Å². The van der Waals surface area contributed by atoms with Crippen molar-refractivity contribution in [2.75, 3.05) is 5.32 Å². The van der Waals surface area contributed by atoms with Crippen LogP contribution in [0.3, 0.4) is 0 Å². The number of hydrogen-bond acceptors (Lipinski definition) is 4. The number of amides is 2.